The van der Waals surface area contributed by atoms with Gasteiger partial charge in [-0.3, -0.25) is 0 Å². The molecule has 0 aliphatic carbocycles. The molecule has 1 aliphatic heterocycles. The minimum absolute atomic E-state index is 0.284. The van der Waals surface area contributed by atoms with Gasteiger partial charge in [0, 0.05) is 13.1 Å². The summed E-state index contributed by atoms with van der Waals surface area (Å²) >= 11 is 0. The molecule has 26 heavy (non-hydrogen) atoms. The zero-order chi connectivity index (χ0) is 18.5. The highest BCUT2D eigenvalue weighted by molar-refractivity contribution is 5.92. The summed E-state index contributed by atoms with van der Waals surface area (Å²) in [5.41, 5.74) is 5.56. The highest BCUT2D eigenvalue weighted by Crippen LogP contribution is 2.24. The first-order valence-electron chi connectivity index (χ1n) is 9.15. The number of hydrogen-bond acceptors (Lipinski definition) is 3. The first-order chi connectivity index (χ1) is 12.5. The minimum Gasteiger partial charge on any atom is -0.457 e. The van der Waals surface area contributed by atoms with Crippen molar-refractivity contribution >= 4 is 18.0 Å². The minimum atomic E-state index is -0.291. The molecule has 1 fully saturated rings. The monoisotopic (exact) mass is 350 g/mol. The van der Waals surface area contributed by atoms with Crippen LogP contribution in [-0.2, 0) is 11.3 Å². The number of rotatable bonds is 5. The molecule has 3 rings (SSSR count). The molecular formula is C22H26N2O2. The summed E-state index contributed by atoms with van der Waals surface area (Å²) in [6.45, 7) is 8.38. The summed E-state index contributed by atoms with van der Waals surface area (Å²) in [7, 11) is 0. The van der Waals surface area contributed by atoms with Crippen LogP contribution in [-0.4, -0.2) is 30.3 Å². The highest BCUT2D eigenvalue weighted by Gasteiger charge is 2.14. The van der Waals surface area contributed by atoms with Gasteiger partial charge in [0.25, 0.3) is 0 Å². The van der Waals surface area contributed by atoms with Crippen LogP contribution in [0, 0.1) is 20.8 Å². The summed E-state index contributed by atoms with van der Waals surface area (Å²) < 4.78 is 5.49. The molecule has 2 aromatic rings. The fourth-order valence-electron chi connectivity index (χ4n) is 3.07. The fourth-order valence-corrected chi connectivity index (χ4v) is 3.07. The molecule has 1 heterocycles. The van der Waals surface area contributed by atoms with E-state index in [0.29, 0.717) is 5.56 Å². The van der Waals surface area contributed by atoms with Gasteiger partial charge in [-0.25, -0.2) is 9.79 Å². The zero-order valence-corrected chi connectivity index (χ0v) is 15.8. The molecule has 0 amide bonds. The largest absolute Gasteiger partial charge is 0.457 e. The molecule has 0 saturated carbocycles. The summed E-state index contributed by atoms with van der Waals surface area (Å²) in [4.78, 5) is 19.3. The molecule has 0 bridgehead atoms. The van der Waals surface area contributed by atoms with Gasteiger partial charge in [-0.05, 0) is 62.4 Å². The summed E-state index contributed by atoms with van der Waals surface area (Å²) in [6.07, 6.45) is 4.38. The zero-order valence-electron chi connectivity index (χ0n) is 15.8. The Morgan fingerprint density at radius 1 is 1.08 bits per heavy atom. The number of aliphatic imine (C=N–C) groups is 1. The number of hydrogen-bond donors (Lipinski definition) is 0. The molecule has 4 heteroatoms. The maximum atomic E-state index is 12.5. The van der Waals surface area contributed by atoms with Crippen LogP contribution >= 0.6 is 0 Å². The van der Waals surface area contributed by atoms with Gasteiger partial charge in [-0.2, -0.15) is 0 Å². The van der Waals surface area contributed by atoms with Crippen molar-refractivity contribution in [3.63, 3.8) is 0 Å². The second-order valence-electron chi connectivity index (χ2n) is 7.00. The molecule has 0 radical (unpaired) electrons. The molecule has 1 aliphatic rings. The maximum absolute atomic E-state index is 12.5. The lowest BCUT2D eigenvalue weighted by atomic mass is 10.0. The highest BCUT2D eigenvalue weighted by atomic mass is 16.5. The molecule has 136 valence electrons. The van der Waals surface area contributed by atoms with Gasteiger partial charge >= 0.3 is 5.97 Å². The van der Waals surface area contributed by atoms with E-state index in [1.165, 1.54) is 18.4 Å². The van der Waals surface area contributed by atoms with Crippen LogP contribution in [0.3, 0.4) is 0 Å². The van der Waals surface area contributed by atoms with Gasteiger partial charge in [0.15, 0.2) is 0 Å². The number of aryl methyl sites for hydroxylation is 3. The second kappa shape index (κ2) is 8.17. The topological polar surface area (TPSA) is 41.9 Å². The van der Waals surface area contributed by atoms with Crippen molar-refractivity contribution in [2.24, 2.45) is 4.99 Å². The Balaban J connectivity index is 1.68. The van der Waals surface area contributed by atoms with Crippen molar-refractivity contribution in [2.75, 3.05) is 13.1 Å². The molecule has 0 N–H and O–H groups in total. The van der Waals surface area contributed by atoms with E-state index in [1.807, 2.05) is 63.5 Å². The van der Waals surface area contributed by atoms with Gasteiger partial charge in [0.2, 0.25) is 0 Å². The number of carbonyl (C=O) groups excluding carboxylic acids is 1. The van der Waals surface area contributed by atoms with Gasteiger partial charge in [-0.15, -0.1) is 0 Å². The van der Waals surface area contributed by atoms with Gasteiger partial charge in [0.05, 0.1) is 17.6 Å². The van der Waals surface area contributed by atoms with E-state index in [1.54, 1.807) is 0 Å². The summed E-state index contributed by atoms with van der Waals surface area (Å²) in [6, 6.07) is 11.8. The molecule has 0 spiro atoms. The Morgan fingerprint density at radius 3 is 2.46 bits per heavy atom. The summed E-state index contributed by atoms with van der Waals surface area (Å²) in [5, 5.41) is 0. The van der Waals surface area contributed by atoms with Crippen molar-refractivity contribution in [3.8, 4) is 0 Å². The second-order valence-corrected chi connectivity index (χ2v) is 7.00. The van der Waals surface area contributed by atoms with E-state index in [2.05, 4.69) is 9.89 Å². The molecular weight excluding hydrogens is 324 g/mol. The third-order valence-corrected chi connectivity index (χ3v) is 4.75. The number of ether oxygens (including phenoxy) is 1. The standard InChI is InChI=1S/C22H26N2O2/c1-16-6-8-19(9-7-16)14-26-22(25)20-12-18(3)21(13-17(20)2)23-15-24-10-4-5-11-24/h6-9,12-13,15H,4-5,10-11,14H2,1-3H3/b23-15+. The predicted octanol–water partition coefficient (Wildman–Crippen LogP) is 4.72. The van der Waals surface area contributed by atoms with Crippen molar-refractivity contribution in [1.29, 1.82) is 0 Å². The van der Waals surface area contributed by atoms with Crippen LogP contribution in [0.4, 0.5) is 5.69 Å². The summed E-state index contributed by atoms with van der Waals surface area (Å²) in [5.74, 6) is -0.291. The predicted molar refractivity (Wildman–Crippen MR) is 105 cm³/mol. The van der Waals surface area contributed by atoms with E-state index in [4.69, 9.17) is 4.74 Å². The van der Waals surface area contributed by atoms with E-state index in [-0.39, 0.29) is 12.6 Å². The van der Waals surface area contributed by atoms with E-state index >= 15 is 0 Å². The lowest BCUT2D eigenvalue weighted by Gasteiger charge is -2.12. The van der Waals surface area contributed by atoms with E-state index in [0.717, 1.165) is 35.5 Å². The van der Waals surface area contributed by atoms with Crippen molar-refractivity contribution < 1.29 is 9.53 Å². The Labute approximate surface area is 155 Å². The maximum Gasteiger partial charge on any atom is 0.338 e. The van der Waals surface area contributed by atoms with Crippen LogP contribution in [0.15, 0.2) is 41.4 Å². The third kappa shape index (κ3) is 4.51. The molecule has 0 unspecified atom stereocenters. The number of benzene rings is 2. The Hall–Kier alpha value is -2.62. The lowest BCUT2D eigenvalue weighted by molar-refractivity contribution is 0.0472. The SMILES string of the molecule is Cc1ccc(COC(=O)c2cc(C)c(/N=C/N3CCCC3)cc2C)cc1. The Bertz CT molecular complexity index is 804. The molecule has 4 nitrogen and oxygen atoms in total. The first-order valence-corrected chi connectivity index (χ1v) is 9.15. The van der Waals surface area contributed by atoms with Crippen LogP contribution in [0.1, 0.15) is 45.5 Å². The van der Waals surface area contributed by atoms with Gasteiger partial charge < -0.3 is 9.64 Å². The van der Waals surface area contributed by atoms with Crippen LogP contribution < -0.4 is 0 Å². The molecule has 0 atom stereocenters. The number of nitrogens with zero attached hydrogens (tertiary/aromatic N) is 2. The average molecular weight is 350 g/mol. The van der Waals surface area contributed by atoms with Crippen LogP contribution in [0.25, 0.3) is 0 Å². The fraction of sp³-hybridized carbons (Fsp3) is 0.364. The van der Waals surface area contributed by atoms with Crippen LogP contribution in [0.5, 0.6) is 0 Å². The van der Waals surface area contributed by atoms with Crippen molar-refractivity contribution in [2.45, 2.75) is 40.2 Å². The molecule has 1 saturated heterocycles. The van der Waals surface area contributed by atoms with Crippen molar-refractivity contribution in [3.05, 3.63) is 64.2 Å². The van der Waals surface area contributed by atoms with E-state index < -0.39 is 0 Å². The Morgan fingerprint density at radius 2 is 1.77 bits per heavy atom. The normalized spacial score (nSPS) is 14.2. The van der Waals surface area contributed by atoms with Gasteiger partial charge in [-0.1, -0.05) is 29.8 Å². The Kier molecular flexibility index (Phi) is 5.71. The number of esters is 1. The lowest BCUT2D eigenvalue weighted by Crippen LogP contribution is -2.16. The van der Waals surface area contributed by atoms with Crippen molar-refractivity contribution in [1.82, 2.24) is 4.90 Å². The van der Waals surface area contributed by atoms with Crippen LogP contribution in [0.2, 0.25) is 0 Å². The van der Waals surface area contributed by atoms with E-state index in [9.17, 15) is 4.79 Å². The number of carbonyl (C=O) groups is 1. The third-order valence-electron chi connectivity index (χ3n) is 4.75. The first kappa shape index (κ1) is 18.2. The average Bonchev–Trinajstić information content (AvgIpc) is 3.15. The molecule has 2 aromatic carbocycles. The quantitative estimate of drug-likeness (QED) is 0.445. The van der Waals surface area contributed by atoms with Gasteiger partial charge in [0.1, 0.15) is 6.61 Å². The molecule has 0 aromatic heterocycles. The smallest absolute Gasteiger partial charge is 0.338 e. The number of likely N-dealkylation sites (tertiary alicyclic amines) is 1.